The fourth-order valence-corrected chi connectivity index (χ4v) is 2.60. The molecular formula is C20H22F2N2O5. The van der Waals surface area contributed by atoms with Gasteiger partial charge >= 0.3 is 6.61 Å². The molecule has 0 aliphatic carbocycles. The monoisotopic (exact) mass is 408 g/mol. The molecule has 2 aromatic rings. The minimum atomic E-state index is -2.97. The predicted octanol–water partition coefficient (Wildman–Crippen LogP) is 3.78. The van der Waals surface area contributed by atoms with E-state index in [2.05, 4.69) is 15.3 Å². The van der Waals surface area contributed by atoms with E-state index in [9.17, 15) is 13.6 Å². The standard InChI is InChI=1S/C20H22F2N2O5/c1-11-6-7-15(29-20(21)22)14(8-11)12(2)23-24-19(25)13-9-16(26-3)18(28-5)17(10-13)27-4/h6-10,20H,1-5H3,(H,24,25). The molecule has 0 atom stereocenters. The van der Waals surface area contributed by atoms with Crippen LogP contribution in [0.5, 0.6) is 23.0 Å². The first-order valence-corrected chi connectivity index (χ1v) is 8.51. The molecule has 0 saturated heterocycles. The Labute approximate surface area is 167 Å². The van der Waals surface area contributed by atoms with Gasteiger partial charge in [0, 0.05) is 11.1 Å². The van der Waals surface area contributed by atoms with Gasteiger partial charge in [0.1, 0.15) is 5.75 Å². The van der Waals surface area contributed by atoms with Crippen molar-refractivity contribution < 1.29 is 32.5 Å². The van der Waals surface area contributed by atoms with E-state index in [-0.39, 0.29) is 11.3 Å². The van der Waals surface area contributed by atoms with Crippen molar-refractivity contribution in [1.82, 2.24) is 5.43 Å². The first-order valence-electron chi connectivity index (χ1n) is 8.51. The van der Waals surface area contributed by atoms with E-state index in [1.165, 1.54) is 39.5 Å². The van der Waals surface area contributed by atoms with Crippen LogP contribution in [0.4, 0.5) is 8.78 Å². The molecule has 0 spiro atoms. The molecule has 0 radical (unpaired) electrons. The van der Waals surface area contributed by atoms with E-state index in [1.807, 2.05) is 0 Å². The summed E-state index contributed by atoms with van der Waals surface area (Å²) in [7, 11) is 4.32. The summed E-state index contributed by atoms with van der Waals surface area (Å²) in [5.41, 5.74) is 4.07. The Hall–Kier alpha value is -3.36. The average molecular weight is 408 g/mol. The van der Waals surface area contributed by atoms with Crippen molar-refractivity contribution >= 4 is 11.6 Å². The zero-order chi connectivity index (χ0) is 21.6. The number of methoxy groups -OCH3 is 3. The van der Waals surface area contributed by atoms with E-state index in [4.69, 9.17) is 14.2 Å². The number of alkyl halides is 2. The van der Waals surface area contributed by atoms with Gasteiger partial charge in [-0.25, -0.2) is 5.43 Å². The lowest BCUT2D eigenvalue weighted by Crippen LogP contribution is -2.20. The van der Waals surface area contributed by atoms with Gasteiger partial charge in [-0.05, 0) is 38.1 Å². The summed E-state index contributed by atoms with van der Waals surface area (Å²) < 4.78 is 45.5. The number of hydrogen-bond acceptors (Lipinski definition) is 6. The van der Waals surface area contributed by atoms with Gasteiger partial charge in [0.2, 0.25) is 5.75 Å². The minimum Gasteiger partial charge on any atom is -0.493 e. The second-order valence-corrected chi connectivity index (χ2v) is 5.93. The summed E-state index contributed by atoms with van der Waals surface area (Å²) >= 11 is 0. The molecule has 1 N–H and O–H groups in total. The van der Waals surface area contributed by atoms with Crippen molar-refractivity contribution in [1.29, 1.82) is 0 Å². The van der Waals surface area contributed by atoms with Crippen molar-refractivity contribution in [2.75, 3.05) is 21.3 Å². The number of hydrogen-bond donors (Lipinski definition) is 1. The molecule has 156 valence electrons. The van der Waals surface area contributed by atoms with Crippen molar-refractivity contribution in [3.63, 3.8) is 0 Å². The molecule has 1 amide bonds. The Kier molecular flexibility index (Phi) is 7.35. The third-order valence-corrected chi connectivity index (χ3v) is 3.99. The average Bonchev–Trinajstić information content (AvgIpc) is 2.71. The molecule has 29 heavy (non-hydrogen) atoms. The number of ether oxygens (including phenoxy) is 4. The molecule has 9 heteroatoms. The second-order valence-electron chi connectivity index (χ2n) is 5.93. The number of carbonyl (C=O) groups excluding carboxylic acids is 1. The Morgan fingerprint density at radius 1 is 1.00 bits per heavy atom. The zero-order valence-corrected chi connectivity index (χ0v) is 16.7. The highest BCUT2D eigenvalue weighted by molar-refractivity contribution is 6.03. The van der Waals surface area contributed by atoms with Crippen LogP contribution in [0, 0.1) is 6.92 Å². The molecule has 0 heterocycles. The van der Waals surface area contributed by atoms with Gasteiger partial charge in [-0.1, -0.05) is 11.6 Å². The lowest BCUT2D eigenvalue weighted by molar-refractivity contribution is -0.0499. The van der Waals surface area contributed by atoms with E-state index >= 15 is 0 Å². The van der Waals surface area contributed by atoms with Crippen LogP contribution >= 0.6 is 0 Å². The van der Waals surface area contributed by atoms with Crippen LogP contribution in [0.25, 0.3) is 0 Å². The SMILES string of the molecule is COc1cc(C(=O)NN=C(C)c2cc(C)ccc2OC(F)F)cc(OC)c1OC. The molecule has 0 aliphatic heterocycles. The largest absolute Gasteiger partial charge is 0.493 e. The summed E-state index contributed by atoms with van der Waals surface area (Å²) in [5, 5.41) is 4.01. The van der Waals surface area contributed by atoms with Gasteiger partial charge in [0.25, 0.3) is 5.91 Å². The van der Waals surface area contributed by atoms with E-state index in [0.29, 0.717) is 28.5 Å². The molecule has 2 rings (SSSR count). The van der Waals surface area contributed by atoms with Crippen LogP contribution in [0.15, 0.2) is 35.4 Å². The minimum absolute atomic E-state index is 0.0334. The number of halogens is 2. The van der Waals surface area contributed by atoms with Gasteiger partial charge in [-0.2, -0.15) is 13.9 Å². The summed E-state index contributed by atoms with van der Waals surface area (Å²) in [6.07, 6.45) is 0. The van der Waals surface area contributed by atoms with E-state index < -0.39 is 12.5 Å². The highest BCUT2D eigenvalue weighted by Gasteiger charge is 2.17. The summed E-state index contributed by atoms with van der Waals surface area (Å²) in [5.74, 6) is 0.384. The van der Waals surface area contributed by atoms with Crippen LogP contribution in [0.1, 0.15) is 28.4 Å². The molecule has 0 aromatic heterocycles. The summed E-state index contributed by atoms with van der Waals surface area (Å²) in [4.78, 5) is 12.5. The third kappa shape index (κ3) is 5.34. The number of hydrazone groups is 1. The Morgan fingerprint density at radius 3 is 2.14 bits per heavy atom. The number of carbonyl (C=O) groups is 1. The second kappa shape index (κ2) is 9.72. The smallest absolute Gasteiger partial charge is 0.387 e. The molecule has 7 nitrogen and oxygen atoms in total. The lowest BCUT2D eigenvalue weighted by atomic mass is 10.1. The van der Waals surface area contributed by atoms with Crippen LogP contribution in [-0.2, 0) is 0 Å². The van der Waals surface area contributed by atoms with Crippen molar-refractivity contribution in [2.45, 2.75) is 20.5 Å². The summed E-state index contributed by atoms with van der Waals surface area (Å²) in [6.45, 7) is 0.401. The first kappa shape index (κ1) is 21.9. The Morgan fingerprint density at radius 2 is 1.62 bits per heavy atom. The summed E-state index contributed by atoms with van der Waals surface area (Å²) in [6, 6.07) is 7.65. The quantitative estimate of drug-likeness (QED) is 0.531. The number of aryl methyl sites for hydroxylation is 1. The molecule has 0 bridgehead atoms. The van der Waals surface area contributed by atoms with Gasteiger partial charge < -0.3 is 18.9 Å². The topological polar surface area (TPSA) is 78.4 Å². The zero-order valence-electron chi connectivity index (χ0n) is 16.7. The molecule has 0 unspecified atom stereocenters. The fourth-order valence-electron chi connectivity index (χ4n) is 2.60. The Bertz CT molecular complexity index is 891. The lowest BCUT2D eigenvalue weighted by Gasteiger charge is -2.14. The maximum Gasteiger partial charge on any atom is 0.387 e. The van der Waals surface area contributed by atoms with Gasteiger partial charge in [-0.15, -0.1) is 0 Å². The number of amides is 1. The molecule has 2 aromatic carbocycles. The predicted molar refractivity (Wildman–Crippen MR) is 104 cm³/mol. The first-order chi connectivity index (χ1) is 13.8. The van der Waals surface area contributed by atoms with Crippen molar-refractivity contribution in [2.24, 2.45) is 5.10 Å². The molecular weight excluding hydrogens is 386 g/mol. The highest BCUT2D eigenvalue weighted by atomic mass is 19.3. The van der Waals surface area contributed by atoms with Gasteiger partial charge in [-0.3, -0.25) is 4.79 Å². The van der Waals surface area contributed by atoms with Crippen LogP contribution in [-0.4, -0.2) is 39.6 Å². The maximum atomic E-state index is 12.6. The Balaban J connectivity index is 2.30. The van der Waals surface area contributed by atoms with Crippen LogP contribution in [0.2, 0.25) is 0 Å². The number of nitrogens with one attached hydrogen (secondary N) is 1. The molecule has 0 fully saturated rings. The van der Waals surface area contributed by atoms with Crippen LogP contribution < -0.4 is 24.4 Å². The highest BCUT2D eigenvalue weighted by Crippen LogP contribution is 2.38. The van der Waals surface area contributed by atoms with Crippen molar-refractivity contribution in [3.8, 4) is 23.0 Å². The third-order valence-electron chi connectivity index (χ3n) is 3.99. The van der Waals surface area contributed by atoms with Gasteiger partial charge in [0.05, 0.1) is 27.0 Å². The molecule has 0 saturated carbocycles. The number of benzene rings is 2. The van der Waals surface area contributed by atoms with Crippen molar-refractivity contribution in [3.05, 3.63) is 47.0 Å². The normalized spacial score (nSPS) is 11.2. The van der Waals surface area contributed by atoms with Gasteiger partial charge in [0.15, 0.2) is 11.5 Å². The van der Waals surface area contributed by atoms with E-state index in [1.54, 1.807) is 26.0 Å². The maximum absolute atomic E-state index is 12.6. The van der Waals surface area contributed by atoms with Crippen LogP contribution in [0.3, 0.4) is 0 Å². The number of rotatable bonds is 8. The fraction of sp³-hybridized carbons (Fsp3) is 0.300. The number of nitrogens with zero attached hydrogens (tertiary/aromatic N) is 1. The molecule has 0 aliphatic rings. The van der Waals surface area contributed by atoms with E-state index in [0.717, 1.165) is 5.56 Å².